The molecule has 2 unspecified atom stereocenters. The van der Waals surface area contributed by atoms with Crippen LogP contribution in [0.15, 0.2) is 24.3 Å². The number of carbonyl (C=O) groups excluding carboxylic acids is 1. The number of hydrogen-bond acceptors (Lipinski definition) is 2. The Morgan fingerprint density at radius 2 is 1.85 bits per heavy atom. The molecule has 2 rings (SSSR count). The summed E-state index contributed by atoms with van der Waals surface area (Å²) in [5.74, 6) is 0.216. The monoisotopic (exact) mass is 274 g/mol. The molecule has 2 N–H and O–H groups in total. The SMILES string of the molecule is Cc1ccc(CN(C)C(=O)C2CCCCCC2N)cc1. The molecule has 3 heteroatoms. The highest BCUT2D eigenvalue weighted by atomic mass is 16.2. The fourth-order valence-electron chi connectivity index (χ4n) is 2.97. The Kier molecular flexibility index (Phi) is 5.18. The zero-order valence-electron chi connectivity index (χ0n) is 12.6. The highest BCUT2D eigenvalue weighted by molar-refractivity contribution is 5.79. The molecule has 1 aromatic carbocycles. The second-order valence-electron chi connectivity index (χ2n) is 6.09. The number of aryl methyl sites for hydroxylation is 1. The number of carbonyl (C=O) groups is 1. The highest BCUT2D eigenvalue weighted by Gasteiger charge is 2.29. The molecule has 0 spiro atoms. The van der Waals surface area contributed by atoms with Crippen molar-refractivity contribution in [2.24, 2.45) is 11.7 Å². The molecule has 110 valence electrons. The lowest BCUT2D eigenvalue weighted by molar-refractivity contribution is -0.135. The zero-order valence-corrected chi connectivity index (χ0v) is 12.6. The lowest BCUT2D eigenvalue weighted by Crippen LogP contribution is -2.41. The van der Waals surface area contributed by atoms with Crippen LogP contribution in [0.25, 0.3) is 0 Å². The van der Waals surface area contributed by atoms with Gasteiger partial charge in [0.1, 0.15) is 0 Å². The first kappa shape index (κ1) is 15.0. The molecule has 0 heterocycles. The third-order valence-electron chi connectivity index (χ3n) is 4.30. The lowest BCUT2D eigenvalue weighted by Gasteiger charge is -2.26. The molecule has 0 radical (unpaired) electrons. The van der Waals surface area contributed by atoms with E-state index in [9.17, 15) is 4.79 Å². The van der Waals surface area contributed by atoms with Crippen LogP contribution < -0.4 is 5.73 Å². The van der Waals surface area contributed by atoms with E-state index < -0.39 is 0 Å². The van der Waals surface area contributed by atoms with Crippen LogP contribution in [-0.2, 0) is 11.3 Å². The number of hydrogen-bond donors (Lipinski definition) is 1. The van der Waals surface area contributed by atoms with Crippen molar-refractivity contribution in [1.29, 1.82) is 0 Å². The van der Waals surface area contributed by atoms with Crippen LogP contribution >= 0.6 is 0 Å². The molecule has 1 fully saturated rings. The predicted molar refractivity (Wildman–Crippen MR) is 82.2 cm³/mol. The molecular weight excluding hydrogens is 248 g/mol. The van der Waals surface area contributed by atoms with Crippen molar-refractivity contribution < 1.29 is 4.79 Å². The van der Waals surface area contributed by atoms with E-state index in [0.29, 0.717) is 6.54 Å². The van der Waals surface area contributed by atoms with Gasteiger partial charge in [-0.15, -0.1) is 0 Å². The van der Waals surface area contributed by atoms with Gasteiger partial charge in [-0.3, -0.25) is 4.79 Å². The summed E-state index contributed by atoms with van der Waals surface area (Å²) in [5.41, 5.74) is 8.60. The van der Waals surface area contributed by atoms with Gasteiger partial charge < -0.3 is 10.6 Å². The summed E-state index contributed by atoms with van der Waals surface area (Å²) in [6, 6.07) is 8.39. The molecule has 1 amide bonds. The molecule has 20 heavy (non-hydrogen) atoms. The maximum atomic E-state index is 12.6. The maximum absolute atomic E-state index is 12.6. The van der Waals surface area contributed by atoms with Crippen molar-refractivity contribution in [3.8, 4) is 0 Å². The molecule has 2 atom stereocenters. The fourth-order valence-corrected chi connectivity index (χ4v) is 2.97. The van der Waals surface area contributed by atoms with Crippen molar-refractivity contribution in [3.63, 3.8) is 0 Å². The third kappa shape index (κ3) is 3.83. The lowest BCUT2D eigenvalue weighted by atomic mass is 9.94. The molecule has 1 aliphatic rings. The molecular formula is C17H26N2O. The molecule has 1 aliphatic carbocycles. The van der Waals surface area contributed by atoms with Crippen LogP contribution in [0.1, 0.15) is 43.2 Å². The van der Waals surface area contributed by atoms with Crippen LogP contribution in [0.5, 0.6) is 0 Å². The van der Waals surface area contributed by atoms with Gasteiger partial charge in [-0.2, -0.15) is 0 Å². The molecule has 1 aromatic rings. The quantitative estimate of drug-likeness (QED) is 0.862. The summed E-state index contributed by atoms with van der Waals surface area (Å²) in [5, 5.41) is 0. The third-order valence-corrected chi connectivity index (χ3v) is 4.30. The molecule has 0 aliphatic heterocycles. The topological polar surface area (TPSA) is 46.3 Å². The fraction of sp³-hybridized carbons (Fsp3) is 0.588. The van der Waals surface area contributed by atoms with Gasteiger partial charge in [0.15, 0.2) is 0 Å². The van der Waals surface area contributed by atoms with E-state index in [4.69, 9.17) is 5.73 Å². The van der Waals surface area contributed by atoms with Gasteiger partial charge in [0.05, 0.1) is 5.92 Å². The Morgan fingerprint density at radius 3 is 2.55 bits per heavy atom. The number of benzene rings is 1. The standard InChI is InChI=1S/C17H26N2O/c1-13-8-10-14(11-9-13)12-19(2)17(20)15-6-4-3-5-7-16(15)18/h8-11,15-16H,3-7,12,18H2,1-2H3. The van der Waals surface area contributed by atoms with Crippen LogP contribution in [0, 0.1) is 12.8 Å². The second kappa shape index (κ2) is 6.89. The first-order chi connectivity index (χ1) is 9.58. The number of rotatable bonds is 3. The van der Waals surface area contributed by atoms with Gasteiger partial charge in [0, 0.05) is 19.6 Å². The van der Waals surface area contributed by atoms with Gasteiger partial charge in [0.2, 0.25) is 5.91 Å². The Hall–Kier alpha value is -1.35. The average molecular weight is 274 g/mol. The van der Waals surface area contributed by atoms with Gasteiger partial charge in [-0.05, 0) is 25.3 Å². The van der Waals surface area contributed by atoms with Crippen LogP contribution in [0.4, 0.5) is 0 Å². The summed E-state index contributed by atoms with van der Waals surface area (Å²) in [6.45, 7) is 2.74. The largest absolute Gasteiger partial charge is 0.341 e. The first-order valence-corrected chi connectivity index (χ1v) is 7.64. The summed E-state index contributed by atoms with van der Waals surface area (Å²) >= 11 is 0. The predicted octanol–water partition coefficient (Wildman–Crippen LogP) is 2.86. The van der Waals surface area contributed by atoms with Crippen LogP contribution in [0.2, 0.25) is 0 Å². The Morgan fingerprint density at radius 1 is 1.20 bits per heavy atom. The van der Waals surface area contributed by atoms with E-state index in [0.717, 1.165) is 25.7 Å². The van der Waals surface area contributed by atoms with Crippen molar-refractivity contribution in [3.05, 3.63) is 35.4 Å². The van der Waals surface area contributed by atoms with Crippen LogP contribution in [0.3, 0.4) is 0 Å². The Bertz CT molecular complexity index is 441. The molecule has 0 bridgehead atoms. The van der Waals surface area contributed by atoms with Gasteiger partial charge in [-0.25, -0.2) is 0 Å². The van der Waals surface area contributed by atoms with E-state index >= 15 is 0 Å². The number of amides is 1. The van der Waals surface area contributed by atoms with Gasteiger partial charge >= 0.3 is 0 Å². The van der Waals surface area contributed by atoms with Crippen LogP contribution in [-0.4, -0.2) is 23.9 Å². The van der Waals surface area contributed by atoms with E-state index in [2.05, 4.69) is 31.2 Å². The Balaban J connectivity index is 1.98. The van der Waals surface area contributed by atoms with E-state index in [1.54, 1.807) is 0 Å². The normalized spacial score (nSPS) is 23.1. The average Bonchev–Trinajstić information content (AvgIpc) is 2.65. The van der Waals surface area contributed by atoms with Crippen molar-refractivity contribution >= 4 is 5.91 Å². The van der Waals surface area contributed by atoms with E-state index in [-0.39, 0.29) is 17.9 Å². The minimum atomic E-state index is 0.00736. The van der Waals surface area contributed by atoms with E-state index in [1.807, 2.05) is 11.9 Å². The zero-order chi connectivity index (χ0) is 14.5. The summed E-state index contributed by atoms with van der Waals surface area (Å²) in [6.07, 6.45) is 5.42. The van der Waals surface area contributed by atoms with Crippen molar-refractivity contribution in [2.45, 2.75) is 51.6 Å². The van der Waals surface area contributed by atoms with Crippen molar-refractivity contribution in [1.82, 2.24) is 4.90 Å². The Labute approximate surface area is 122 Å². The van der Waals surface area contributed by atoms with Crippen molar-refractivity contribution in [2.75, 3.05) is 7.05 Å². The molecule has 0 aromatic heterocycles. The second-order valence-corrected chi connectivity index (χ2v) is 6.09. The summed E-state index contributed by atoms with van der Waals surface area (Å²) < 4.78 is 0. The summed E-state index contributed by atoms with van der Waals surface area (Å²) in [4.78, 5) is 14.4. The maximum Gasteiger partial charge on any atom is 0.227 e. The molecule has 0 saturated heterocycles. The number of nitrogens with two attached hydrogens (primary N) is 1. The smallest absolute Gasteiger partial charge is 0.227 e. The minimum absolute atomic E-state index is 0.00736. The van der Waals surface area contributed by atoms with Gasteiger partial charge in [-0.1, -0.05) is 49.1 Å². The summed E-state index contributed by atoms with van der Waals surface area (Å²) in [7, 11) is 1.89. The highest BCUT2D eigenvalue weighted by Crippen LogP contribution is 2.24. The van der Waals surface area contributed by atoms with Gasteiger partial charge in [0.25, 0.3) is 0 Å². The molecule has 3 nitrogen and oxygen atoms in total. The first-order valence-electron chi connectivity index (χ1n) is 7.64. The minimum Gasteiger partial charge on any atom is -0.341 e. The number of nitrogens with zero attached hydrogens (tertiary/aromatic N) is 1. The van der Waals surface area contributed by atoms with E-state index in [1.165, 1.54) is 17.5 Å². The molecule has 1 saturated carbocycles.